The van der Waals surface area contributed by atoms with E-state index in [2.05, 4.69) is 37.9 Å². The number of benzene rings is 1. The van der Waals surface area contributed by atoms with Gasteiger partial charge in [0.05, 0.1) is 0 Å². The second-order valence-electron chi connectivity index (χ2n) is 6.69. The van der Waals surface area contributed by atoms with E-state index in [0.29, 0.717) is 6.04 Å². The molecule has 0 saturated carbocycles. The number of halogens is 1. The van der Waals surface area contributed by atoms with Gasteiger partial charge in [-0.1, -0.05) is 33.8 Å². The van der Waals surface area contributed by atoms with Crippen LogP contribution in [0.3, 0.4) is 0 Å². The van der Waals surface area contributed by atoms with Gasteiger partial charge in [0.2, 0.25) is 0 Å². The first kappa shape index (κ1) is 16.3. The molecule has 118 valence electrons. The monoisotopic (exact) mass is 292 g/mol. The third-order valence-electron chi connectivity index (χ3n) is 4.95. The summed E-state index contributed by atoms with van der Waals surface area (Å²) in [6, 6.07) is 5.73. The number of fused-ring (bicyclic) bond motifs is 1. The Morgan fingerprint density at radius 2 is 2.00 bits per heavy atom. The summed E-state index contributed by atoms with van der Waals surface area (Å²) in [5.41, 5.74) is 2.65. The zero-order valence-corrected chi connectivity index (χ0v) is 13.9. The van der Waals surface area contributed by atoms with Crippen LogP contribution >= 0.6 is 0 Å². The van der Waals surface area contributed by atoms with Crippen LogP contribution in [0.1, 0.15) is 46.1 Å². The van der Waals surface area contributed by atoms with Gasteiger partial charge in [-0.2, -0.15) is 0 Å². The third-order valence-corrected chi connectivity index (χ3v) is 4.95. The van der Waals surface area contributed by atoms with Gasteiger partial charge in [0.15, 0.2) is 0 Å². The second-order valence-corrected chi connectivity index (χ2v) is 6.69. The van der Waals surface area contributed by atoms with Crippen molar-refractivity contribution in [1.29, 1.82) is 0 Å². The fraction of sp³-hybridized carbons (Fsp3) is 0.667. The quantitative estimate of drug-likeness (QED) is 0.817. The van der Waals surface area contributed by atoms with Gasteiger partial charge < -0.3 is 10.2 Å². The van der Waals surface area contributed by atoms with E-state index in [0.717, 1.165) is 44.6 Å². The Morgan fingerprint density at radius 3 is 2.62 bits per heavy atom. The molecule has 1 N–H and O–H groups in total. The molecule has 3 heteroatoms. The molecule has 1 aromatic rings. The van der Waals surface area contributed by atoms with Crippen molar-refractivity contribution in [3.8, 4) is 0 Å². The van der Waals surface area contributed by atoms with Crippen LogP contribution in [0.25, 0.3) is 0 Å². The number of nitrogens with zero attached hydrogens (tertiary/aromatic N) is 1. The minimum absolute atomic E-state index is 0.125. The summed E-state index contributed by atoms with van der Waals surface area (Å²) < 4.78 is 13.5. The van der Waals surface area contributed by atoms with Crippen LogP contribution in [0.4, 0.5) is 10.1 Å². The molecule has 1 heterocycles. The number of hydrogen-bond acceptors (Lipinski definition) is 2. The van der Waals surface area contributed by atoms with Crippen molar-refractivity contribution in [2.45, 2.75) is 53.0 Å². The summed E-state index contributed by atoms with van der Waals surface area (Å²) in [6.45, 7) is 12.0. The smallest absolute Gasteiger partial charge is 0.125 e. The van der Waals surface area contributed by atoms with Crippen LogP contribution in [0.2, 0.25) is 0 Å². The Labute approximate surface area is 128 Å². The highest BCUT2D eigenvalue weighted by molar-refractivity contribution is 5.58. The van der Waals surface area contributed by atoms with E-state index in [1.807, 2.05) is 6.07 Å². The standard InChI is InChI=1S/C18H29FN2/c1-5-18(6-2,12-20-14(3)4)13-21-10-9-15-7-8-16(19)11-17(15)21/h7-8,11,14,20H,5-6,9-10,12-13H2,1-4H3. The first-order chi connectivity index (χ1) is 9.99. The van der Waals surface area contributed by atoms with Gasteiger partial charge in [-0.15, -0.1) is 0 Å². The number of anilines is 1. The molecule has 2 rings (SSSR count). The largest absolute Gasteiger partial charge is 0.370 e. The highest BCUT2D eigenvalue weighted by Crippen LogP contribution is 2.34. The highest BCUT2D eigenvalue weighted by atomic mass is 19.1. The van der Waals surface area contributed by atoms with E-state index in [4.69, 9.17) is 0 Å². The number of hydrogen-bond donors (Lipinski definition) is 1. The normalized spacial score (nSPS) is 14.9. The van der Waals surface area contributed by atoms with Gasteiger partial charge >= 0.3 is 0 Å². The van der Waals surface area contributed by atoms with Gasteiger partial charge in [0, 0.05) is 31.4 Å². The zero-order valence-electron chi connectivity index (χ0n) is 13.9. The van der Waals surface area contributed by atoms with Crippen LogP contribution in [0.5, 0.6) is 0 Å². The van der Waals surface area contributed by atoms with E-state index in [1.54, 1.807) is 12.1 Å². The lowest BCUT2D eigenvalue weighted by Crippen LogP contribution is -2.45. The Balaban J connectivity index is 2.14. The van der Waals surface area contributed by atoms with E-state index in [9.17, 15) is 4.39 Å². The molecule has 2 nitrogen and oxygen atoms in total. The molecule has 0 saturated heterocycles. The second kappa shape index (κ2) is 6.78. The van der Waals surface area contributed by atoms with Gasteiger partial charge in [0.1, 0.15) is 5.82 Å². The third kappa shape index (κ3) is 3.76. The molecule has 0 aliphatic carbocycles. The first-order valence-corrected chi connectivity index (χ1v) is 8.26. The van der Waals surface area contributed by atoms with E-state index >= 15 is 0 Å². The molecule has 1 aliphatic rings. The molecule has 0 unspecified atom stereocenters. The maximum absolute atomic E-state index is 13.5. The van der Waals surface area contributed by atoms with Crippen molar-refractivity contribution in [2.75, 3.05) is 24.5 Å². The molecule has 21 heavy (non-hydrogen) atoms. The SMILES string of the molecule is CCC(CC)(CNC(C)C)CN1CCc2ccc(F)cc21. The highest BCUT2D eigenvalue weighted by Gasteiger charge is 2.31. The van der Waals surface area contributed by atoms with Gasteiger partial charge in [-0.05, 0) is 42.4 Å². The van der Waals surface area contributed by atoms with Crippen LogP contribution in [0, 0.1) is 11.2 Å². The van der Waals surface area contributed by atoms with E-state index in [-0.39, 0.29) is 11.2 Å². The van der Waals surface area contributed by atoms with Crippen LogP contribution < -0.4 is 10.2 Å². The molecule has 1 aliphatic heterocycles. The number of rotatable bonds is 7. The van der Waals surface area contributed by atoms with E-state index in [1.165, 1.54) is 5.56 Å². The lowest BCUT2D eigenvalue weighted by atomic mass is 9.81. The van der Waals surface area contributed by atoms with Crippen LogP contribution in [0.15, 0.2) is 18.2 Å². The maximum Gasteiger partial charge on any atom is 0.125 e. The van der Waals surface area contributed by atoms with Gasteiger partial charge in [-0.25, -0.2) is 4.39 Å². The Kier molecular flexibility index (Phi) is 5.26. The molecule has 0 amide bonds. The molecule has 0 aromatic heterocycles. The fourth-order valence-electron chi connectivity index (χ4n) is 3.19. The van der Waals surface area contributed by atoms with E-state index < -0.39 is 0 Å². The summed E-state index contributed by atoms with van der Waals surface area (Å²) >= 11 is 0. The molecular formula is C18H29FN2. The Morgan fingerprint density at radius 1 is 1.29 bits per heavy atom. The summed E-state index contributed by atoms with van der Waals surface area (Å²) in [5, 5.41) is 3.60. The zero-order chi connectivity index (χ0) is 15.5. The Hall–Kier alpha value is -1.09. The predicted molar refractivity (Wildman–Crippen MR) is 88.5 cm³/mol. The lowest BCUT2D eigenvalue weighted by Gasteiger charge is -2.37. The lowest BCUT2D eigenvalue weighted by molar-refractivity contribution is 0.246. The average molecular weight is 292 g/mol. The topological polar surface area (TPSA) is 15.3 Å². The molecule has 0 atom stereocenters. The fourth-order valence-corrected chi connectivity index (χ4v) is 3.19. The van der Waals surface area contributed by atoms with Gasteiger partial charge in [0.25, 0.3) is 0 Å². The summed E-state index contributed by atoms with van der Waals surface area (Å²) in [7, 11) is 0. The van der Waals surface area contributed by atoms with Crippen molar-refractivity contribution >= 4 is 5.69 Å². The molecule has 0 radical (unpaired) electrons. The van der Waals surface area contributed by atoms with Crippen molar-refractivity contribution in [2.24, 2.45) is 5.41 Å². The minimum atomic E-state index is -0.125. The average Bonchev–Trinajstić information content (AvgIpc) is 2.85. The van der Waals surface area contributed by atoms with Crippen molar-refractivity contribution < 1.29 is 4.39 Å². The summed E-state index contributed by atoms with van der Waals surface area (Å²) in [4.78, 5) is 2.38. The van der Waals surface area contributed by atoms with Gasteiger partial charge in [-0.3, -0.25) is 0 Å². The molecular weight excluding hydrogens is 263 g/mol. The summed E-state index contributed by atoms with van der Waals surface area (Å²) in [6.07, 6.45) is 3.32. The van der Waals surface area contributed by atoms with Crippen LogP contribution in [-0.4, -0.2) is 25.7 Å². The van der Waals surface area contributed by atoms with Crippen LogP contribution in [-0.2, 0) is 6.42 Å². The maximum atomic E-state index is 13.5. The number of nitrogens with one attached hydrogen (secondary N) is 1. The molecule has 0 bridgehead atoms. The van der Waals surface area contributed by atoms with Crippen molar-refractivity contribution in [1.82, 2.24) is 5.32 Å². The molecule has 0 spiro atoms. The summed E-state index contributed by atoms with van der Waals surface area (Å²) in [5.74, 6) is -0.125. The Bertz CT molecular complexity index is 466. The van der Waals surface area contributed by atoms with Crippen molar-refractivity contribution in [3.05, 3.63) is 29.6 Å². The minimum Gasteiger partial charge on any atom is -0.370 e. The first-order valence-electron chi connectivity index (χ1n) is 8.26. The molecule has 0 fully saturated rings. The van der Waals surface area contributed by atoms with Crippen molar-refractivity contribution in [3.63, 3.8) is 0 Å². The predicted octanol–water partition coefficient (Wildman–Crippen LogP) is 3.99. The molecule has 1 aromatic carbocycles.